The summed E-state index contributed by atoms with van der Waals surface area (Å²) in [6, 6.07) is 13.0. The van der Waals surface area contributed by atoms with Crippen molar-refractivity contribution in [2.75, 3.05) is 30.5 Å². The van der Waals surface area contributed by atoms with Crippen LogP contribution in [-0.2, 0) is 19.1 Å². The molecule has 0 bridgehead atoms. The SMILES string of the molecule is COc1ccccc1N1C[C@H](C(=O)OCC(=O)Nc2c(C)cccc2C(C)C)CC1=O. The Labute approximate surface area is 182 Å². The Morgan fingerprint density at radius 1 is 1.16 bits per heavy atom. The van der Waals surface area contributed by atoms with Crippen molar-refractivity contribution in [2.24, 2.45) is 5.92 Å². The van der Waals surface area contributed by atoms with Gasteiger partial charge in [-0.25, -0.2) is 0 Å². The highest BCUT2D eigenvalue weighted by molar-refractivity contribution is 6.01. The number of para-hydroxylation sites is 3. The number of ether oxygens (including phenoxy) is 2. The number of carbonyl (C=O) groups is 3. The third-order valence-corrected chi connectivity index (χ3v) is 5.37. The van der Waals surface area contributed by atoms with E-state index in [0.717, 1.165) is 16.8 Å². The molecule has 0 saturated carbocycles. The molecule has 7 nitrogen and oxygen atoms in total. The lowest BCUT2D eigenvalue weighted by molar-refractivity contribution is -0.151. The molecule has 31 heavy (non-hydrogen) atoms. The fourth-order valence-corrected chi connectivity index (χ4v) is 3.72. The fourth-order valence-electron chi connectivity index (χ4n) is 3.72. The summed E-state index contributed by atoms with van der Waals surface area (Å²) in [5, 5.41) is 2.85. The first-order chi connectivity index (χ1) is 14.8. The van der Waals surface area contributed by atoms with Crippen LogP contribution in [0.1, 0.15) is 37.3 Å². The highest BCUT2D eigenvalue weighted by atomic mass is 16.5. The average Bonchev–Trinajstić information content (AvgIpc) is 3.14. The van der Waals surface area contributed by atoms with Crippen LogP contribution in [-0.4, -0.2) is 38.0 Å². The van der Waals surface area contributed by atoms with Gasteiger partial charge in [0.05, 0.1) is 18.7 Å². The summed E-state index contributed by atoms with van der Waals surface area (Å²) in [7, 11) is 1.53. The van der Waals surface area contributed by atoms with Crippen molar-refractivity contribution >= 4 is 29.2 Å². The van der Waals surface area contributed by atoms with Crippen LogP contribution < -0.4 is 15.0 Å². The number of anilines is 2. The molecule has 0 aliphatic carbocycles. The van der Waals surface area contributed by atoms with Gasteiger partial charge in [-0.15, -0.1) is 0 Å². The third-order valence-electron chi connectivity index (χ3n) is 5.37. The van der Waals surface area contributed by atoms with E-state index in [4.69, 9.17) is 9.47 Å². The molecular formula is C24H28N2O5. The fraction of sp³-hybridized carbons (Fsp3) is 0.375. The second-order valence-electron chi connectivity index (χ2n) is 7.93. The van der Waals surface area contributed by atoms with Crippen LogP contribution in [0.25, 0.3) is 0 Å². The van der Waals surface area contributed by atoms with Crippen molar-refractivity contribution in [3.63, 3.8) is 0 Å². The maximum Gasteiger partial charge on any atom is 0.311 e. The van der Waals surface area contributed by atoms with E-state index < -0.39 is 24.4 Å². The molecule has 1 N–H and O–H groups in total. The van der Waals surface area contributed by atoms with Gasteiger partial charge in [0.25, 0.3) is 5.91 Å². The summed E-state index contributed by atoms with van der Waals surface area (Å²) >= 11 is 0. The van der Waals surface area contributed by atoms with Crippen LogP contribution in [0.2, 0.25) is 0 Å². The zero-order valence-electron chi connectivity index (χ0n) is 18.3. The Morgan fingerprint density at radius 3 is 2.61 bits per heavy atom. The molecule has 1 heterocycles. The largest absolute Gasteiger partial charge is 0.495 e. The zero-order valence-corrected chi connectivity index (χ0v) is 18.3. The molecule has 3 rings (SSSR count). The second kappa shape index (κ2) is 9.64. The number of nitrogens with one attached hydrogen (secondary N) is 1. The maximum atomic E-state index is 12.5. The van der Waals surface area contributed by atoms with Gasteiger partial charge in [-0.05, 0) is 36.1 Å². The number of hydrogen-bond acceptors (Lipinski definition) is 5. The molecule has 0 radical (unpaired) electrons. The molecule has 0 aromatic heterocycles. The number of carbonyl (C=O) groups excluding carboxylic acids is 3. The smallest absolute Gasteiger partial charge is 0.311 e. The van der Waals surface area contributed by atoms with Gasteiger partial charge in [-0.3, -0.25) is 14.4 Å². The maximum absolute atomic E-state index is 12.5. The van der Waals surface area contributed by atoms with Crippen molar-refractivity contribution in [3.05, 3.63) is 53.6 Å². The van der Waals surface area contributed by atoms with Gasteiger partial charge in [-0.2, -0.15) is 0 Å². The monoisotopic (exact) mass is 424 g/mol. The normalized spacial score (nSPS) is 15.8. The summed E-state index contributed by atoms with van der Waals surface area (Å²) in [6.07, 6.45) is 0.0355. The molecule has 164 valence electrons. The first-order valence-electron chi connectivity index (χ1n) is 10.3. The number of hydrogen-bond donors (Lipinski definition) is 1. The molecule has 1 saturated heterocycles. The van der Waals surface area contributed by atoms with Gasteiger partial charge < -0.3 is 19.7 Å². The quantitative estimate of drug-likeness (QED) is 0.686. The van der Waals surface area contributed by atoms with E-state index in [1.165, 1.54) is 12.0 Å². The molecule has 0 unspecified atom stereocenters. The summed E-state index contributed by atoms with van der Waals surface area (Å²) in [6.45, 7) is 5.81. The minimum atomic E-state index is -0.630. The third kappa shape index (κ3) is 5.05. The van der Waals surface area contributed by atoms with E-state index in [-0.39, 0.29) is 24.8 Å². The number of aryl methyl sites for hydroxylation is 1. The van der Waals surface area contributed by atoms with Crippen molar-refractivity contribution in [3.8, 4) is 5.75 Å². The lowest BCUT2D eigenvalue weighted by Gasteiger charge is -2.19. The van der Waals surface area contributed by atoms with Crippen LogP contribution in [0.15, 0.2) is 42.5 Å². The molecule has 1 aliphatic rings. The first kappa shape index (κ1) is 22.3. The van der Waals surface area contributed by atoms with E-state index in [0.29, 0.717) is 11.4 Å². The molecule has 1 fully saturated rings. The molecule has 7 heteroatoms. The van der Waals surface area contributed by atoms with Gasteiger partial charge in [0.2, 0.25) is 5.91 Å². The van der Waals surface area contributed by atoms with E-state index in [9.17, 15) is 14.4 Å². The predicted octanol–water partition coefficient (Wildman–Crippen LogP) is 3.66. The van der Waals surface area contributed by atoms with Crippen LogP contribution in [0, 0.1) is 12.8 Å². The molecule has 2 aromatic carbocycles. The highest BCUT2D eigenvalue weighted by Crippen LogP contribution is 2.33. The molecule has 2 amide bonds. The molecule has 2 aromatic rings. The van der Waals surface area contributed by atoms with Crippen molar-refractivity contribution in [2.45, 2.75) is 33.1 Å². The van der Waals surface area contributed by atoms with Crippen LogP contribution in [0.4, 0.5) is 11.4 Å². The number of rotatable bonds is 7. The van der Waals surface area contributed by atoms with Gasteiger partial charge in [0, 0.05) is 18.7 Å². The minimum Gasteiger partial charge on any atom is -0.495 e. The van der Waals surface area contributed by atoms with Crippen LogP contribution in [0.5, 0.6) is 5.75 Å². The highest BCUT2D eigenvalue weighted by Gasteiger charge is 2.37. The summed E-state index contributed by atoms with van der Waals surface area (Å²) in [5.74, 6) is -0.982. The van der Waals surface area contributed by atoms with Gasteiger partial charge in [-0.1, -0.05) is 44.2 Å². The van der Waals surface area contributed by atoms with Crippen molar-refractivity contribution in [1.82, 2.24) is 0 Å². The lowest BCUT2D eigenvalue weighted by atomic mass is 9.98. The average molecular weight is 424 g/mol. The first-order valence-corrected chi connectivity index (χ1v) is 10.3. The number of amides is 2. The Morgan fingerprint density at radius 2 is 1.90 bits per heavy atom. The van der Waals surface area contributed by atoms with Crippen LogP contribution >= 0.6 is 0 Å². The van der Waals surface area contributed by atoms with Crippen LogP contribution in [0.3, 0.4) is 0 Å². The molecule has 1 aliphatic heterocycles. The van der Waals surface area contributed by atoms with E-state index in [1.807, 2.05) is 31.2 Å². The zero-order chi connectivity index (χ0) is 22.5. The van der Waals surface area contributed by atoms with Crippen molar-refractivity contribution < 1.29 is 23.9 Å². The van der Waals surface area contributed by atoms with E-state index in [1.54, 1.807) is 18.2 Å². The summed E-state index contributed by atoms with van der Waals surface area (Å²) < 4.78 is 10.5. The van der Waals surface area contributed by atoms with Gasteiger partial charge in [0.1, 0.15) is 5.75 Å². The standard InChI is InChI=1S/C24H28N2O5/c1-15(2)18-9-7-8-16(3)23(18)25-21(27)14-31-24(29)17-12-22(28)26(13-17)19-10-5-6-11-20(19)30-4/h5-11,15,17H,12-14H2,1-4H3,(H,25,27)/t17-/m1/s1. The number of nitrogens with zero attached hydrogens (tertiary/aromatic N) is 1. The Bertz CT molecular complexity index is 986. The van der Waals surface area contributed by atoms with Gasteiger partial charge >= 0.3 is 5.97 Å². The Balaban J connectivity index is 1.59. The van der Waals surface area contributed by atoms with Crippen molar-refractivity contribution in [1.29, 1.82) is 0 Å². The minimum absolute atomic E-state index is 0.0355. The molecule has 0 spiro atoms. The number of methoxy groups -OCH3 is 1. The molecule has 1 atom stereocenters. The van der Waals surface area contributed by atoms with E-state index in [2.05, 4.69) is 19.2 Å². The van der Waals surface area contributed by atoms with E-state index >= 15 is 0 Å². The predicted molar refractivity (Wildman–Crippen MR) is 118 cm³/mol. The lowest BCUT2D eigenvalue weighted by Crippen LogP contribution is -2.28. The Hall–Kier alpha value is -3.35. The number of benzene rings is 2. The summed E-state index contributed by atoms with van der Waals surface area (Å²) in [4.78, 5) is 38.9. The van der Waals surface area contributed by atoms with Gasteiger partial charge in [0.15, 0.2) is 6.61 Å². The number of esters is 1. The second-order valence-corrected chi connectivity index (χ2v) is 7.93. The topological polar surface area (TPSA) is 84.9 Å². The Kier molecular flexibility index (Phi) is 6.95. The molecular weight excluding hydrogens is 396 g/mol. The summed E-state index contributed by atoms with van der Waals surface area (Å²) in [5.41, 5.74) is 3.33.